The van der Waals surface area contributed by atoms with Gasteiger partial charge in [0.1, 0.15) is 5.82 Å². The van der Waals surface area contributed by atoms with E-state index < -0.39 is 0 Å². The molecule has 19 heavy (non-hydrogen) atoms. The molecule has 2 rings (SSSR count). The third kappa shape index (κ3) is 4.02. The van der Waals surface area contributed by atoms with Crippen molar-refractivity contribution in [3.8, 4) is 0 Å². The van der Waals surface area contributed by atoms with Gasteiger partial charge in [-0.25, -0.2) is 4.39 Å². The minimum Gasteiger partial charge on any atom is -0.271 e. The van der Waals surface area contributed by atoms with Crippen LogP contribution in [0.15, 0.2) is 18.2 Å². The van der Waals surface area contributed by atoms with Crippen molar-refractivity contribution in [2.24, 2.45) is 11.8 Å². The fourth-order valence-corrected chi connectivity index (χ4v) is 3.20. The van der Waals surface area contributed by atoms with Gasteiger partial charge in [0.25, 0.3) is 0 Å². The molecule has 0 radical (unpaired) electrons. The summed E-state index contributed by atoms with van der Waals surface area (Å²) >= 11 is 0. The predicted octanol–water partition coefficient (Wildman–Crippen LogP) is 3.48. The van der Waals surface area contributed by atoms with Gasteiger partial charge in [0.05, 0.1) is 0 Å². The van der Waals surface area contributed by atoms with Crippen molar-refractivity contribution in [2.45, 2.75) is 57.9 Å². The Balaban J connectivity index is 2.04. The van der Waals surface area contributed by atoms with Gasteiger partial charge < -0.3 is 0 Å². The SMILES string of the molecule is Cc1cc(F)ccc1CC(NN)C1CCCCCC1. The van der Waals surface area contributed by atoms with Gasteiger partial charge in [0.15, 0.2) is 0 Å². The summed E-state index contributed by atoms with van der Waals surface area (Å²) in [5, 5.41) is 0. The number of rotatable bonds is 4. The molecule has 0 bridgehead atoms. The van der Waals surface area contributed by atoms with E-state index in [4.69, 9.17) is 5.84 Å². The van der Waals surface area contributed by atoms with E-state index in [1.54, 1.807) is 12.1 Å². The second-order valence-electron chi connectivity index (χ2n) is 5.80. The van der Waals surface area contributed by atoms with Crippen molar-refractivity contribution in [1.82, 2.24) is 5.43 Å². The van der Waals surface area contributed by atoms with E-state index in [1.165, 1.54) is 44.1 Å². The molecule has 0 spiro atoms. The van der Waals surface area contributed by atoms with Crippen LogP contribution < -0.4 is 11.3 Å². The van der Waals surface area contributed by atoms with Gasteiger partial charge in [-0.05, 0) is 55.4 Å². The van der Waals surface area contributed by atoms with Gasteiger partial charge in [-0.3, -0.25) is 11.3 Å². The lowest BCUT2D eigenvalue weighted by Crippen LogP contribution is -2.42. The van der Waals surface area contributed by atoms with Gasteiger partial charge in [-0.1, -0.05) is 31.7 Å². The van der Waals surface area contributed by atoms with E-state index in [2.05, 4.69) is 5.43 Å². The quantitative estimate of drug-likeness (QED) is 0.496. The Labute approximate surface area is 115 Å². The van der Waals surface area contributed by atoms with E-state index >= 15 is 0 Å². The molecule has 1 unspecified atom stereocenters. The standard InChI is InChI=1S/C16H25FN2/c1-12-10-15(17)9-8-14(12)11-16(19-18)13-6-4-2-3-5-7-13/h8-10,13,16,19H,2-7,11,18H2,1H3. The van der Waals surface area contributed by atoms with Crippen molar-refractivity contribution < 1.29 is 4.39 Å². The summed E-state index contributed by atoms with van der Waals surface area (Å²) in [6, 6.07) is 5.35. The highest BCUT2D eigenvalue weighted by molar-refractivity contribution is 5.27. The zero-order valence-corrected chi connectivity index (χ0v) is 11.8. The maximum atomic E-state index is 13.1. The number of benzene rings is 1. The maximum Gasteiger partial charge on any atom is 0.123 e. The first-order chi connectivity index (χ1) is 9.20. The Morgan fingerprint density at radius 2 is 1.95 bits per heavy atom. The smallest absolute Gasteiger partial charge is 0.123 e. The molecule has 106 valence electrons. The van der Waals surface area contributed by atoms with Gasteiger partial charge >= 0.3 is 0 Å². The summed E-state index contributed by atoms with van der Waals surface area (Å²) in [5.41, 5.74) is 5.22. The summed E-state index contributed by atoms with van der Waals surface area (Å²) in [5.74, 6) is 6.25. The molecule has 3 N–H and O–H groups in total. The lowest BCUT2D eigenvalue weighted by molar-refractivity contribution is 0.320. The van der Waals surface area contributed by atoms with Gasteiger partial charge in [0, 0.05) is 6.04 Å². The average molecular weight is 264 g/mol. The van der Waals surface area contributed by atoms with Crippen molar-refractivity contribution in [1.29, 1.82) is 0 Å². The zero-order chi connectivity index (χ0) is 13.7. The van der Waals surface area contributed by atoms with E-state index in [1.807, 2.05) is 13.0 Å². The Morgan fingerprint density at radius 3 is 2.53 bits per heavy atom. The zero-order valence-electron chi connectivity index (χ0n) is 11.8. The molecule has 1 aromatic carbocycles. The monoisotopic (exact) mass is 264 g/mol. The number of aryl methyl sites for hydroxylation is 1. The van der Waals surface area contributed by atoms with E-state index in [0.717, 1.165) is 12.0 Å². The molecule has 1 fully saturated rings. The van der Waals surface area contributed by atoms with Gasteiger partial charge in [-0.2, -0.15) is 0 Å². The second kappa shape index (κ2) is 7.01. The molecule has 1 aliphatic carbocycles. The molecular formula is C16H25FN2. The summed E-state index contributed by atoms with van der Waals surface area (Å²) in [6.45, 7) is 1.97. The third-order valence-corrected chi connectivity index (χ3v) is 4.43. The first-order valence-corrected chi connectivity index (χ1v) is 7.42. The fraction of sp³-hybridized carbons (Fsp3) is 0.625. The van der Waals surface area contributed by atoms with Crippen LogP contribution in [0.2, 0.25) is 0 Å². The van der Waals surface area contributed by atoms with Crippen LogP contribution in [-0.2, 0) is 6.42 Å². The highest BCUT2D eigenvalue weighted by atomic mass is 19.1. The van der Waals surface area contributed by atoms with Crippen molar-refractivity contribution in [2.75, 3.05) is 0 Å². The lowest BCUT2D eigenvalue weighted by atomic mass is 9.87. The molecule has 0 saturated heterocycles. The molecule has 0 amide bonds. The molecule has 1 aromatic rings. The van der Waals surface area contributed by atoms with Crippen LogP contribution in [0.4, 0.5) is 4.39 Å². The Kier molecular flexibility index (Phi) is 5.34. The summed E-state index contributed by atoms with van der Waals surface area (Å²) < 4.78 is 13.1. The molecule has 0 aromatic heterocycles. The maximum absolute atomic E-state index is 13.1. The minimum atomic E-state index is -0.159. The van der Waals surface area contributed by atoms with Crippen LogP contribution >= 0.6 is 0 Å². The topological polar surface area (TPSA) is 38.0 Å². The van der Waals surface area contributed by atoms with E-state index in [9.17, 15) is 4.39 Å². The number of nitrogens with two attached hydrogens (primary N) is 1. The molecule has 0 aliphatic heterocycles. The van der Waals surface area contributed by atoms with Crippen molar-refractivity contribution in [3.63, 3.8) is 0 Å². The molecule has 1 aliphatic rings. The molecule has 2 nitrogen and oxygen atoms in total. The summed E-state index contributed by atoms with van der Waals surface area (Å²) in [7, 11) is 0. The number of hydrogen-bond acceptors (Lipinski definition) is 2. The number of hydrazine groups is 1. The number of halogens is 1. The minimum absolute atomic E-state index is 0.159. The number of hydrogen-bond donors (Lipinski definition) is 2. The summed E-state index contributed by atoms with van der Waals surface area (Å²) in [4.78, 5) is 0. The van der Waals surface area contributed by atoms with Crippen molar-refractivity contribution >= 4 is 0 Å². The largest absolute Gasteiger partial charge is 0.271 e. The fourth-order valence-electron chi connectivity index (χ4n) is 3.20. The molecular weight excluding hydrogens is 239 g/mol. The predicted molar refractivity (Wildman–Crippen MR) is 77.1 cm³/mol. The normalized spacial score (nSPS) is 19.1. The van der Waals surface area contributed by atoms with Gasteiger partial charge in [-0.15, -0.1) is 0 Å². The van der Waals surface area contributed by atoms with Crippen LogP contribution in [0, 0.1) is 18.7 Å². The second-order valence-corrected chi connectivity index (χ2v) is 5.80. The first kappa shape index (κ1) is 14.5. The molecule has 1 atom stereocenters. The Hall–Kier alpha value is -0.930. The molecule has 1 saturated carbocycles. The van der Waals surface area contributed by atoms with Gasteiger partial charge in [0.2, 0.25) is 0 Å². The van der Waals surface area contributed by atoms with Crippen LogP contribution in [0.25, 0.3) is 0 Å². The van der Waals surface area contributed by atoms with Crippen LogP contribution in [0.1, 0.15) is 49.7 Å². The highest BCUT2D eigenvalue weighted by Crippen LogP contribution is 2.27. The highest BCUT2D eigenvalue weighted by Gasteiger charge is 2.22. The Bertz CT molecular complexity index is 398. The van der Waals surface area contributed by atoms with E-state index in [0.29, 0.717) is 12.0 Å². The summed E-state index contributed by atoms with van der Waals surface area (Å²) in [6.07, 6.45) is 8.74. The van der Waals surface area contributed by atoms with Crippen LogP contribution in [0.5, 0.6) is 0 Å². The molecule has 3 heteroatoms. The van der Waals surface area contributed by atoms with Crippen molar-refractivity contribution in [3.05, 3.63) is 35.1 Å². The van der Waals surface area contributed by atoms with Crippen LogP contribution in [-0.4, -0.2) is 6.04 Å². The number of nitrogens with one attached hydrogen (secondary N) is 1. The van der Waals surface area contributed by atoms with E-state index in [-0.39, 0.29) is 5.82 Å². The molecule has 0 heterocycles. The first-order valence-electron chi connectivity index (χ1n) is 7.42. The third-order valence-electron chi connectivity index (χ3n) is 4.43. The Morgan fingerprint density at radius 1 is 1.26 bits per heavy atom. The lowest BCUT2D eigenvalue weighted by Gasteiger charge is -2.26. The average Bonchev–Trinajstić information content (AvgIpc) is 2.67. The van der Waals surface area contributed by atoms with Crippen LogP contribution in [0.3, 0.4) is 0 Å².